The molecule has 1 aromatic rings. The smallest absolute Gasteiger partial charge is 0.313 e. The fourth-order valence-electron chi connectivity index (χ4n) is 1.51. The van der Waals surface area contributed by atoms with Gasteiger partial charge in [0, 0.05) is 25.4 Å². The molecule has 1 aromatic carbocycles. The number of aryl methyl sites for hydroxylation is 1. The van der Waals surface area contributed by atoms with Gasteiger partial charge in [-0.25, -0.2) is 4.39 Å². The van der Waals surface area contributed by atoms with E-state index in [1.807, 2.05) is 6.92 Å². The summed E-state index contributed by atoms with van der Waals surface area (Å²) < 4.78 is 18.2. The predicted molar refractivity (Wildman–Crippen MR) is 73.9 cm³/mol. The lowest BCUT2D eigenvalue weighted by Gasteiger charge is -2.09. The molecule has 0 atom stereocenters. The molecule has 0 unspecified atom stereocenters. The van der Waals surface area contributed by atoms with Crippen LogP contribution < -0.4 is 10.6 Å². The SMILES string of the molecule is CCOCCCNC(=O)C(=O)Nc1cc(F)ccc1C. The molecule has 2 N–H and O–H groups in total. The Labute approximate surface area is 117 Å². The molecule has 110 valence electrons. The molecule has 6 heteroatoms. The molecule has 0 aliphatic rings. The highest BCUT2D eigenvalue weighted by Gasteiger charge is 2.14. The van der Waals surface area contributed by atoms with Crippen LogP contribution in [-0.4, -0.2) is 31.6 Å². The van der Waals surface area contributed by atoms with E-state index in [-0.39, 0.29) is 0 Å². The number of anilines is 1. The van der Waals surface area contributed by atoms with Crippen molar-refractivity contribution in [2.45, 2.75) is 20.3 Å². The number of nitrogens with one attached hydrogen (secondary N) is 2. The van der Waals surface area contributed by atoms with Crippen molar-refractivity contribution < 1.29 is 18.7 Å². The quantitative estimate of drug-likeness (QED) is 0.615. The Bertz CT molecular complexity index is 477. The molecule has 0 aliphatic carbocycles. The molecule has 0 radical (unpaired) electrons. The van der Waals surface area contributed by atoms with E-state index in [1.165, 1.54) is 18.2 Å². The molecule has 0 aromatic heterocycles. The Morgan fingerprint density at radius 2 is 2.05 bits per heavy atom. The van der Waals surface area contributed by atoms with E-state index in [0.29, 0.717) is 37.4 Å². The highest BCUT2D eigenvalue weighted by molar-refractivity contribution is 6.39. The third-order valence-electron chi connectivity index (χ3n) is 2.61. The van der Waals surface area contributed by atoms with Crippen molar-refractivity contribution in [3.63, 3.8) is 0 Å². The first-order valence-corrected chi connectivity index (χ1v) is 6.47. The van der Waals surface area contributed by atoms with Crippen LogP contribution >= 0.6 is 0 Å². The maximum Gasteiger partial charge on any atom is 0.313 e. The molecule has 0 saturated heterocycles. The van der Waals surface area contributed by atoms with Crippen molar-refractivity contribution in [3.8, 4) is 0 Å². The van der Waals surface area contributed by atoms with Gasteiger partial charge in [-0.1, -0.05) is 6.07 Å². The minimum Gasteiger partial charge on any atom is -0.382 e. The van der Waals surface area contributed by atoms with E-state index >= 15 is 0 Å². The van der Waals surface area contributed by atoms with Gasteiger partial charge < -0.3 is 15.4 Å². The molecular weight excluding hydrogens is 263 g/mol. The summed E-state index contributed by atoms with van der Waals surface area (Å²) in [5, 5.41) is 4.85. The Hall–Kier alpha value is -1.95. The van der Waals surface area contributed by atoms with Gasteiger partial charge in [0.05, 0.1) is 0 Å². The molecular formula is C14H19FN2O3. The normalized spacial score (nSPS) is 10.2. The average molecular weight is 282 g/mol. The fourth-order valence-corrected chi connectivity index (χ4v) is 1.51. The predicted octanol–water partition coefficient (Wildman–Crippen LogP) is 1.62. The summed E-state index contributed by atoms with van der Waals surface area (Å²) in [5.41, 5.74) is 0.975. The van der Waals surface area contributed by atoms with Crippen LogP contribution in [0.3, 0.4) is 0 Å². The Kier molecular flexibility index (Phi) is 6.66. The molecule has 5 nitrogen and oxygen atoms in total. The fraction of sp³-hybridized carbons (Fsp3) is 0.429. The molecule has 0 saturated carbocycles. The van der Waals surface area contributed by atoms with Crippen molar-refractivity contribution in [1.29, 1.82) is 0 Å². The number of carbonyl (C=O) groups excluding carboxylic acids is 2. The molecule has 20 heavy (non-hydrogen) atoms. The van der Waals surface area contributed by atoms with Crippen LogP contribution in [-0.2, 0) is 14.3 Å². The van der Waals surface area contributed by atoms with Gasteiger partial charge in [-0.2, -0.15) is 0 Å². The summed E-state index contributed by atoms with van der Waals surface area (Å²) in [5.74, 6) is -2.02. The van der Waals surface area contributed by atoms with Crippen LogP contribution in [0.4, 0.5) is 10.1 Å². The van der Waals surface area contributed by atoms with Crippen LogP contribution in [0.15, 0.2) is 18.2 Å². The number of amides is 2. The van der Waals surface area contributed by atoms with Crippen molar-refractivity contribution in [2.75, 3.05) is 25.1 Å². The molecule has 0 spiro atoms. The zero-order chi connectivity index (χ0) is 15.0. The van der Waals surface area contributed by atoms with Crippen LogP contribution in [0.25, 0.3) is 0 Å². The lowest BCUT2D eigenvalue weighted by atomic mass is 10.2. The summed E-state index contributed by atoms with van der Waals surface area (Å²) in [7, 11) is 0. The molecule has 0 heterocycles. The third-order valence-corrected chi connectivity index (χ3v) is 2.61. The van der Waals surface area contributed by atoms with E-state index in [2.05, 4.69) is 10.6 Å². The van der Waals surface area contributed by atoms with Gasteiger partial charge in [-0.15, -0.1) is 0 Å². The number of rotatable bonds is 6. The van der Waals surface area contributed by atoms with Gasteiger partial charge in [0.25, 0.3) is 0 Å². The van der Waals surface area contributed by atoms with Gasteiger partial charge in [0.1, 0.15) is 5.82 Å². The highest BCUT2D eigenvalue weighted by atomic mass is 19.1. The van der Waals surface area contributed by atoms with Gasteiger partial charge in [0.2, 0.25) is 0 Å². The number of halogens is 1. The minimum atomic E-state index is -0.810. The zero-order valence-corrected chi connectivity index (χ0v) is 11.7. The second kappa shape index (κ2) is 8.27. The van der Waals surface area contributed by atoms with Crippen molar-refractivity contribution >= 4 is 17.5 Å². The number of benzene rings is 1. The van der Waals surface area contributed by atoms with E-state index in [0.717, 1.165) is 0 Å². The number of hydrogen-bond donors (Lipinski definition) is 2. The Balaban J connectivity index is 2.41. The van der Waals surface area contributed by atoms with E-state index in [9.17, 15) is 14.0 Å². The van der Waals surface area contributed by atoms with Crippen LogP contribution in [0.5, 0.6) is 0 Å². The average Bonchev–Trinajstić information content (AvgIpc) is 2.42. The molecule has 0 aliphatic heterocycles. The number of carbonyl (C=O) groups is 2. The van der Waals surface area contributed by atoms with Crippen LogP contribution in [0.2, 0.25) is 0 Å². The first-order chi connectivity index (χ1) is 9.54. The minimum absolute atomic E-state index is 0.291. The summed E-state index contributed by atoms with van der Waals surface area (Å²) in [6.45, 7) is 5.10. The topological polar surface area (TPSA) is 67.4 Å². The van der Waals surface area contributed by atoms with E-state index < -0.39 is 17.6 Å². The van der Waals surface area contributed by atoms with Gasteiger partial charge in [-0.3, -0.25) is 9.59 Å². The monoisotopic (exact) mass is 282 g/mol. The molecule has 0 bridgehead atoms. The van der Waals surface area contributed by atoms with Crippen molar-refractivity contribution in [2.24, 2.45) is 0 Å². The lowest BCUT2D eigenvalue weighted by molar-refractivity contribution is -0.136. The van der Waals surface area contributed by atoms with Gasteiger partial charge in [0.15, 0.2) is 0 Å². The summed E-state index contributed by atoms with van der Waals surface area (Å²) in [4.78, 5) is 23.1. The zero-order valence-electron chi connectivity index (χ0n) is 11.7. The Morgan fingerprint density at radius 1 is 1.30 bits per heavy atom. The van der Waals surface area contributed by atoms with E-state index in [1.54, 1.807) is 6.92 Å². The maximum atomic E-state index is 13.1. The second-order valence-electron chi connectivity index (χ2n) is 4.22. The highest BCUT2D eigenvalue weighted by Crippen LogP contribution is 2.15. The maximum absolute atomic E-state index is 13.1. The molecule has 2 amide bonds. The summed E-state index contributed by atoms with van der Waals surface area (Å²) in [6.07, 6.45) is 0.631. The van der Waals surface area contributed by atoms with Crippen molar-refractivity contribution in [3.05, 3.63) is 29.6 Å². The summed E-state index contributed by atoms with van der Waals surface area (Å²) in [6, 6.07) is 4.00. The number of ether oxygens (including phenoxy) is 1. The number of hydrogen-bond acceptors (Lipinski definition) is 3. The molecule has 0 fully saturated rings. The Morgan fingerprint density at radius 3 is 2.75 bits per heavy atom. The third kappa shape index (κ3) is 5.36. The largest absolute Gasteiger partial charge is 0.382 e. The summed E-state index contributed by atoms with van der Waals surface area (Å²) >= 11 is 0. The first-order valence-electron chi connectivity index (χ1n) is 6.47. The van der Waals surface area contributed by atoms with Crippen molar-refractivity contribution in [1.82, 2.24) is 5.32 Å². The van der Waals surface area contributed by atoms with E-state index in [4.69, 9.17) is 4.74 Å². The molecule has 1 rings (SSSR count). The second-order valence-corrected chi connectivity index (χ2v) is 4.22. The standard InChI is InChI=1S/C14H19FN2O3/c1-3-20-8-4-7-16-13(18)14(19)17-12-9-11(15)6-5-10(12)2/h5-6,9H,3-4,7-8H2,1-2H3,(H,16,18)(H,17,19). The lowest BCUT2D eigenvalue weighted by Crippen LogP contribution is -2.36. The van der Waals surface area contributed by atoms with Crippen LogP contribution in [0, 0.1) is 12.7 Å². The van der Waals surface area contributed by atoms with Gasteiger partial charge >= 0.3 is 11.8 Å². The van der Waals surface area contributed by atoms with Gasteiger partial charge in [-0.05, 0) is 38.0 Å². The first kappa shape index (κ1) is 16.1. The van der Waals surface area contributed by atoms with Crippen LogP contribution in [0.1, 0.15) is 18.9 Å².